The molecule has 0 spiro atoms. The molecule has 5 heteroatoms. The zero-order valence-corrected chi connectivity index (χ0v) is 14.3. The highest BCUT2D eigenvalue weighted by atomic mass is 32.2. The molecule has 0 radical (unpaired) electrons. The maximum absolute atomic E-state index is 11.9. The van der Waals surface area contributed by atoms with E-state index >= 15 is 0 Å². The molecule has 1 N–H and O–H groups in total. The quantitative estimate of drug-likeness (QED) is 0.656. The third kappa shape index (κ3) is 4.81. The van der Waals surface area contributed by atoms with Crippen LogP contribution in [0.25, 0.3) is 10.2 Å². The fourth-order valence-electron chi connectivity index (χ4n) is 2.22. The van der Waals surface area contributed by atoms with Crippen LogP contribution in [0.4, 0.5) is 0 Å². The number of nitrogens with zero attached hydrogens (tertiary/aromatic N) is 1. The number of aromatic nitrogens is 1. The van der Waals surface area contributed by atoms with Crippen molar-refractivity contribution in [3.63, 3.8) is 0 Å². The summed E-state index contributed by atoms with van der Waals surface area (Å²) in [4.78, 5) is 16.4. The molecule has 0 aliphatic carbocycles. The molecule has 1 amide bonds. The number of rotatable bonds is 7. The van der Waals surface area contributed by atoms with Crippen molar-refractivity contribution >= 4 is 39.2 Å². The van der Waals surface area contributed by atoms with Crippen molar-refractivity contribution in [3.05, 3.63) is 60.2 Å². The van der Waals surface area contributed by atoms with Gasteiger partial charge in [0.25, 0.3) is 0 Å². The normalized spacial score (nSPS) is 10.8. The van der Waals surface area contributed by atoms with Crippen LogP contribution in [-0.2, 0) is 11.2 Å². The van der Waals surface area contributed by atoms with Gasteiger partial charge in [-0.15, -0.1) is 11.3 Å². The van der Waals surface area contributed by atoms with Crippen LogP contribution in [0.5, 0.6) is 0 Å². The van der Waals surface area contributed by atoms with Gasteiger partial charge in [0.15, 0.2) is 4.34 Å². The molecule has 1 heterocycles. The Bertz CT molecular complexity index is 738. The van der Waals surface area contributed by atoms with E-state index in [4.69, 9.17) is 0 Å². The summed E-state index contributed by atoms with van der Waals surface area (Å²) < 4.78 is 2.23. The van der Waals surface area contributed by atoms with Crippen molar-refractivity contribution in [2.24, 2.45) is 0 Å². The first-order valence-electron chi connectivity index (χ1n) is 7.60. The molecule has 3 aromatic rings. The second-order valence-corrected chi connectivity index (χ2v) is 7.50. The van der Waals surface area contributed by atoms with Crippen molar-refractivity contribution in [1.29, 1.82) is 0 Å². The minimum absolute atomic E-state index is 0.106. The molecule has 0 aliphatic rings. The van der Waals surface area contributed by atoms with E-state index in [1.807, 2.05) is 36.4 Å². The zero-order chi connectivity index (χ0) is 15.9. The van der Waals surface area contributed by atoms with E-state index in [1.54, 1.807) is 23.1 Å². The average molecular weight is 342 g/mol. The second kappa shape index (κ2) is 8.13. The molecular formula is C18H18N2OS2. The van der Waals surface area contributed by atoms with E-state index in [2.05, 4.69) is 28.5 Å². The van der Waals surface area contributed by atoms with E-state index in [-0.39, 0.29) is 5.91 Å². The summed E-state index contributed by atoms with van der Waals surface area (Å²) in [7, 11) is 0. The summed E-state index contributed by atoms with van der Waals surface area (Å²) >= 11 is 3.34. The van der Waals surface area contributed by atoms with Gasteiger partial charge in [-0.3, -0.25) is 4.79 Å². The molecule has 1 aromatic heterocycles. The minimum Gasteiger partial charge on any atom is -0.356 e. The Balaban J connectivity index is 1.37. The third-order valence-corrected chi connectivity index (χ3v) is 5.59. The number of thioether (sulfide) groups is 1. The van der Waals surface area contributed by atoms with Crippen LogP contribution < -0.4 is 5.32 Å². The van der Waals surface area contributed by atoms with Crippen LogP contribution in [0.15, 0.2) is 58.9 Å². The van der Waals surface area contributed by atoms with Crippen molar-refractivity contribution in [2.75, 3.05) is 12.3 Å². The van der Waals surface area contributed by atoms with E-state index in [0.717, 1.165) is 22.0 Å². The van der Waals surface area contributed by atoms with Crippen LogP contribution in [0.3, 0.4) is 0 Å². The smallest absolute Gasteiger partial charge is 0.220 e. The number of carbonyl (C=O) groups excluding carboxylic acids is 1. The van der Waals surface area contributed by atoms with Crippen LogP contribution in [0, 0.1) is 0 Å². The lowest BCUT2D eigenvalue weighted by Crippen LogP contribution is -2.25. The van der Waals surface area contributed by atoms with Gasteiger partial charge >= 0.3 is 0 Å². The number of benzene rings is 2. The van der Waals surface area contributed by atoms with E-state index in [0.29, 0.717) is 13.0 Å². The molecule has 0 unspecified atom stereocenters. The first-order chi connectivity index (χ1) is 11.3. The maximum Gasteiger partial charge on any atom is 0.220 e. The van der Waals surface area contributed by atoms with Gasteiger partial charge in [0.1, 0.15) is 0 Å². The first kappa shape index (κ1) is 16.0. The third-order valence-electron chi connectivity index (χ3n) is 3.41. The second-order valence-electron chi connectivity index (χ2n) is 5.13. The molecule has 3 rings (SSSR count). The number of hydrogen-bond donors (Lipinski definition) is 1. The van der Waals surface area contributed by atoms with E-state index in [1.165, 1.54) is 10.3 Å². The fourth-order valence-corrected chi connectivity index (χ4v) is 4.30. The lowest BCUT2D eigenvalue weighted by Gasteiger charge is -2.04. The molecule has 0 atom stereocenters. The SMILES string of the molecule is O=C(CCSc1nc2ccccc2s1)NCCc1ccccc1. The average Bonchev–Trinajstić information content (AvgIpc) is 2.98. The lowest BCUT2D eigenvalue weighted by molar-refractivity contribution is -0.120. The molecule has 23 heavy (non-hydrogen) atoms. The predicted molar refractivity (Wildman–Crippen MR) is 98.1 cm³/mol. The summed E-state index contributed by atoms with van der Waals surface area (Å²) in [6.45, 7) is 0.689. The number of thiazole rings is 1. The minimum atomic E-state index is 0.106. The zero-order valence-electron chi connectivity index (χ0n) is 12.7. The first-order valence-corrected chi connectivity index (χ1v) is 9.40. The molecule has 0 aliphatic heterocycles. The van der Waals surface area contributed by atoms with Crippen LogP contribution in [-0.4, -0.2) is 23.2 Å². The Labute approximate surface area is 144 Å². The molecule has 2 aromatic carbocycles. The Hall–Kier alpha value is -1.85. The highest BCUT2D eigenvalue weighted by Crippen LogP contribution is 2.29. The van der Waals surface area contributed by atoms with Gasteiger partial charge in [-0.1, -0.05) is 54.2 Å². The summed E-state index contributed by atoms with van der Waals surface area (Å²) in [5, 5.41) is 2.97. The molecular weight excluding hydrogens is 324 g/mol. The number of fused-ring (bicyclic) bond motifs is 1. The Morgan fingerprint density at radius 2 is 1.87 bits per heavy atom. The lowest BCUT2D eigenvalue weighted by atomic mass is 10.1. The molecule has 0 fully saturated rings. The summed E-state index contributed by atoms with van der Waals surface area (Å²) in [5.74, 6) is 0.867. The number of para-hydroxylation sites is 1. The summed E-state index contributed by atoms with van der Waals surface area (Å²) in [5.41, 5.74) is 2.28. The standard InChI is InChI=1S/C18H18N2OS2/c21-17(19-12-10-14-6-2-1-3-7-14)11-13-22-18-20-15-8-4-5-9-16(15)23-18/h1-9H,10-13H2,(H,19,21). The van der Waals surface area contributed by atoms with E-state index in [9.17, 15) is 4.79 Å². The van der Waals surface area contributed by atoms with Gasteiger partial charge in [-0.05, 0) is 24.1 Å². The molecule has 3 nitrogen and oxygen atoms in total. The molecule has 0 saturated heterocycles. The van der Waals surface area contributed by atoms with E-state index < -0.39 is 0 Å². The number of carbonyl (C=O) groups is 1. The van der Waals surface area contributed by atoms with Gasteiger partial charge in [0.05, 0.1) is 10.2 Å². The van der Waals surface area contributed by atoms with Crippen LogP contribution >= 0.6 is 23.1 Å². The Morgan fingerprint density at radius 1 is 1.09 bits per heavy atom. The van der Waals surface area contributed by atoms with Crippen molar-refractivity contribution in [3.8, 4) is 0 Å². The van der Waals surface area contributed by atoms with Gasteiger partial charge < -0.3 is 5.32 Å². The van der Waals surface area contributed by atoms with Gasteiger partial charge in [-0.2, -0.15) is 0 Å². The van der Waals surface area contributed by atoms with Crippen molar-refractivity contribution in [2.45, 2.75) is 17.2 Å². The fraction of sp³-hybridized carbons (Fsp3) is 0.222. The van der Waals surface area contributed by atoms with Crippen molar-refractivity contribution in [1.82, 2.24) is 10.3 Å². The number of nitrogens with one attached hydrogen (secondary N) is 1. The Morgan fingerprint density at radius 3 is 2.70 bits per heavy atom. The summed E-state index contributed by atoms with van der Waals surface area (Å²) in [6.07, 6.45) is 1.40. The van der Waals surface area contributed by atoms with Crippen LogP contribution in [0.2, 0.25) is 0 Å². The number of hydrogen-bond acceptors (Lipinski definition) is 4. The summed E-state index contributed by atoms with van der Waals surface area (Å²) in [6, 6.07) is 18.3. The molecule has 118 valence electrons. The maximum atomic E-state index is 11.9. The largest absolute Gasteiger partial charge is 0.356 e. The van der Waals surface area contributed by atoms with Crippen LogP contribution in [0.1, 0.15) is 12.0 Å². The topological polar surface area (TPSA) is 42.0 Å². The van der Waals surface area contributed by atoms with Crippen molar-refractivity contribution < 1.29 is 4.79 Å². The molecule has 0 bridgehead atoms. The van der Waals surface area contributed by atoms with Gasteiger partial charge in [0.2, 0.25) is 5.91 Å². The molecule has 0 saturated carbocycles. The highest BCUT2D eigenvalue weighted by molar-refractivity contribution is 8.01. The highest BCUT2D eigenvalue weighted by Gasteiger charge is 2.06. The monoisotopic (exact) mass is 342 g/mol. The van der Waals surface area contributed by atoms with Gasteiger partial charge in [-0.25, -0.2) is 4.98 Å². The number of amides is 1. The predicted octanol–water partition coefficient (Wildman–Crippen LogP) is 4.14. The van der Waals surface area contributed by atoms with Gasteiger partial charge in [0, 0.05) is 18.7 Å². The Kier molecular flexibility index (Phi) is 5.66.